The van der Waals surface area contributed by atoms with E-state index in [2.05, 4.69) is 0 Å². The Balaban J connectivity index is 2.86. The van der Waals surface area contributed by atoms with Gasteiger partial charge in [-0.1, -0.05) is 0 Å². The molecule has 0 bridgehead atoms. The lowest BCUT2D eigenvalue weighted by Crippen LogP contribution is -2.27. The molecule has 0 amide bonds. The first-order valence-electron chi connectivity index (χ1n) is 5.72. The van der Waals surface area contributed by atoms with Crippen LogP contribution in [-0.2, 0) is 10.0 Å². The molecule has 118 valence electrons. The molecule has 0 radical (unpaired) electrons. The molecule has 1 rings (SSSR count). The van der Waals surface area contributed by atoms with Gasteiger partial charge in [0.1, 0.15) is 0 Å². The topological polar surface area (TPSA) is 109 Å². The van der Waals surface area contributed by atoms with Gasteiger partial charge in [0.15, 0.2) is 0 Å². The number of carbonyl (C=O) groups is 1. The second-order valence-electron chi connectivity index (χ2n) is 4.18. The van der Waals surface area contributed by atoms with Gasteiger partial charge in [0.2, 0.25) is 10.0 Å². The lowest BCUT2D eigenvalue weighted by molar-refractivity contribution is -0.135. The van der Waals surface area contributed by atoms with Crippen molar-refractivity contribution >= 4 is 21.7 Å². The zero-order valence-corrected chi connectivity index (χ0v) is 11.5. The van der Waals surface area contributed by atoms with Crippen LogP contribution in [0.4, 0.5) is 18.9 Å². The predicted molar refractivity (Wildman–Crippen MR) is 68.3 cm³/mol. The van der Waals surface area contributed by atoms with Crippen LogP contribution in [0, 0.1) is 0 Å². The zero-order valence-electron chi connectivity index (χ0n) is 10.6. The first-order chi connectivity index (χ1) is 9.53. The number of nitrogens with two attached hydrogens (primary N) is 1. The normalized spacial score (nSPS) is 12.3. The van der Waals surface area contributed by atoms with Crippen LogP contribution in [-0.4, -0.2) is 32.2 Å². The number of nitrogen functional groups attached to an aromatic ring is 1. The van der Waals surface area contributed by atoms with Crippen molar-refractivity contribution in [3.05, 3.63) is 23.8 Å². The van der Waals surface area contributed by atoms with E-state index in [0.717, 1.165) is 12.1 Å². The summed E-state index contributed by atoms with van der Waals surface area (Å²) in [5, 5.41) is 8.94. The largest absolute Gasteiger partial charge is 0.478 e. The number of hydrogen-bond acceptors (Lipinski definition) is 4. The van der Waals surface area contributed by atoms with E-state index < -0.39 is 52.0 Å². The molecule has 0 aliphatic rings. The fourth-order valence-electron chi connectivity index (χ4n) is 1.52. The number of alkyl halides is 3. The number of carboxylic acid groups (broad SMARTS) is 1. The lowest BCUT2D eigenvalue weighted by atomic mass is 10.2. The predicted octanol–water partition coefficient (Wildman–Crippen LogP) is 1.59. The summed E-state index contributed by atoms with van der Waals surface area (Å²) >= 11 is 0. The SMILES string of the molecule is Nc1ccc(S(=O)(=O)NCCCC(F)(F)F)c(C(=O)O)c1. The van der Waals surface area contributed by atoms with Crippen LogP contribution in [0.1, 0.15) is 23.2 Å². The number of rotatable bonds is 6. The summed E-state index contributed by atoms with van der Waals surface area (Å²) in [6, 6.07) is 3.15. The fraction of sp³-hybridized carbons (Fsp3) is 0.364. The second kappa shape index (κ2) is 6.31. The van der Waals surface area contributed by atoms with Crippen molar-refractivity contribution in [3.63, 3.8) is 0 Å². The average Bonchev–Trinajstić information content (AvgIpc) is 2.33. The van der Waals surface area contributed by atoms with Crippen molar-refractivity contribution in [3.8, 4) is 0 Å². The van der Waals surface area contributed by atoms with E-state index in [1.54, 1.807) is 0 Å². The van der Waals surface area contributed by atoms with Crippen molar-refractivity contribution in [1.82, 2.24) is 4.72 Å². The highest BCUT2D eigenvalue weighted by atomic mass is 32.2. The molecule has 0 aliphatic carbocycles. The van der Waals surface area contributed by atoms with Gasteiger partial charge in [-0.25, -0.2) is 17.9 Å². The van der Waals surface area contributed by atoms with Crippen LogP contribution < -0.4 is 10.5 Å². The first kappa shape index (κ1) is 17.2. The monoisotopic (exact) mass is 326 g/mol. The van der Waals surface area contributed by atoms with Gasteiger partial charge in [0.05, 0.1) is 10.5 Å². The van der Waals surface area contributed by atoms with E-state index in [4.69, 9.17) is 10.8 Å². The number of sulfonamides is 1. The molecule has 1 aromatic rings. The molecular weight excluding hydrogens is 313 g/mol. The Hall–Kier alpha value is -1.81. The molecule has 10 heteroatoms. The third kappa shape index (κ3) is 5.23. The molecule has 0 atom stereocenters. The Morgan fingerprint density at radius 1 is 1.33 bits per heavy atom. The summed E-state index contributed by atoms with van der Waals surface area (Å²) < 4.78 is 61.6. The summed E-state index contributed by atoms with van der Waals surface area (Å²) in [5.74, 6) is -1.50. The highest BCUT2D eigenvalue weighted by Gasteiger charge is 2.27. The number of carboxylic acids is 1. The highest BCUT2D eigenvalue weighted by Crippen LogP contribution is 2.22. The highest BCUT2D eigenvalue weighted by molar-refractivity contribution is 7.89. The van der Waals surface area contributed by atoms with Gasteiger partial charge in [-0.3, -0.25) is 0 Å². The summed E-state index contributed by atoms with van der Waals surface area (Å²) in [5.41, 5.74) is 4.89. The third-order valence-electron chi connectivity index (χ3n) is 2.45. The van der Waals surface area contributed by atoms with E-state index >= 15 is 0 Å². The first-order valence-corrected chi connectivity index (χ1v) is 7.20. The summed E-state index contributed by atoms with van der Waals surface area (Å²) in [6.45, 7) is -0.453. The minimum absolute atomic E-state index is 0.0587. The van der Waals surface area contributed by atoms with Crippen molar-refractivity contribution in [2.24, 2.45) is 0 Å². The summed E-state index contributed by atoms with van der Waals surface area (Å²) in [6.07, 6.45) is -5.96. The van der Waals surface area contributed by atoms with Crippen LogP contribution in [0.15, 0.2) is 23.1 Å². The maximum Gasteiger partial charge on any atom is 0.389 e. The molecule has 0 aliphatic heterocycles. The van der Waals surface area contributed by atoms with Crippen LogP contribution in [0.3, 0.4) is 0 Å². The maximum absolute atomic E-state index is 11.9. The smallest absolute Gasteiger partial charge is 0.389 e. The van der Waals surface area contributed by atoms with E-state index in [-0.39, 0.29) is 5.69 Å². The minimum atomic E-state index is -4.38. The Labute approximate surface area is 118 Å². The van der Waals surface area contributed by atoms with E-state index in [1.807, 2.05) is 4.72 Å². The molecule has 0 unspecified atom stereocenters. The van der Waals surface area contributed by atoms with E-state index in [0.29, 0.717) is 0 Å². The summed E-state index contributed by atoms with van der Waals surface area (Å²) in [4.78, 5) is 10.4. The van der Waals surface area contributed by atoms with Gasteiger partial charge >= 0.3 is 12.1 Å². The second-order valence-corrected chi connectivity index (χ2v) is 5.91. The molecule has 0 spiro atoms. The van der Waals surface area contributed by atoms with Gasteiger partial charge in [0, 0.05) is 18.7 Å². The molecule has 21 heavy (non-hydrogen) atoms. The Kier molecular flexibility index (Phi) is 5.18. The van der Waals surface area contributed by atoms with E-state index in [1.165, 1.54) is 6.07 Å². The molecule has 0 heterocycles. The van der Waals surface area contributed by atoms with Crippen LogP contribution in [0.5, 0.6) is 0 Å². The molecular formula is C11H13F3N2O4S. The van der Waals surface area contributed by atoms with Gasteiger partial charge in [-0.05, 0) is 24.6 Å². The van der Waals surface area contributed by atoms with Gasteiger partial charge in [-0.2, -0.15) is 13.2 Å². The number of anilines is 1. The Morgan fingerprint density at radius 2 is 1.95 bits per heavy atom. The van der Waals surface area contributed by atoms with Crippen molar-refractivity contribution in [1.29, 1.82) is 0 Å². The zero-order chi connectivity index (χ0) is 16.3. The molecule has 6 nitrogen and oxygen atoms in total. The lowest BCUT2D eigenvalue weighted by Gasteiger charge is -2.10. The Morgan fingerprint density at radius 3 is 2.48 bits per heavy atom. The number of hydrogen-bond donors (Lipinski definition) is 3. The van der Waals surface area contributed by atoms with Gasteiger partial charge in [-0.15, -0.1) is 0 Å². The van der Waals surface area contributed by atoms with Crippen molar-refractivity contribution < 1.29 is 31.5 Å². The molecule has 4 N–H and O–H groups in total. The van der Waals surface area contributed by atoms with Gasteiger partial charge < -0.3 is 10.8 Å². The maximum atomic E-state index is 11.9. The van der Waals surface area contributed by atoms with Gasteiger partial charge in [0.25, 0.3) is 0 Å². The quantitative estimate of drug-likeness (QED) is 0.543. The average molecular weight is 326 g/mol. The molecule has 0 saturated carbocycles. The molecule has 0 saturated heterocycles. The fourth-order valence-corrected chi connectivity index (χ4v) is 2.77. The number of halogens is 3. The molecule has 0 fully saturated rings. The minimum Gasteiger partial charge on any atom is -0.478 e. The van der Waals surface area contributed by atoms with Crippen LogP contribution in [0.2, 0.25) is 0 Å². The van der Waals surface area contributed by atoms with Crippen LogP contribution >= 0.6 is 0 Å². The number of benzene rings is 1. The molecule has 0 aromatic heterocycles. The third-order valence-corrected chi connectivity index (χ3v) is 3.97. The van der Waals surface area contributed by atoms with E-state index in [9.17, 15) is 26.4 Å². The molecule has 1 aromatic carbocycles. The van der Waals surface area contributed by atoms with Crippen LogP contribution in [0.25, 0.3) is 0 Å². The Bertz CT molecular complexity index is 629. The number of aromatic carboxylic acids is 1. The standard InChI is InChI=1S/C11H13F3N2O4S/c12-11(13,14)4-1-5-16-21(19,20)9-3-2-7(15)6-8(9)10(17)18/h2-3,6,16H,1,4-5,15H2,(H,17,18). The van der Waals surface area contributed by atoms with Crippen molar-refractivity contribution in [2.45, 2.75) is 23.9 Å². The number of nitrogens with one attached hydrogen (secondary N) is 1. The summed E-state index contributed by atoms with van der Waals surface area (Å²) in [7, 11) is -4.22. The van der Waals surface area contributed by atoms with Crippen molar-refractivity contribution in [2.75, 3.05) is 12.3 Å².